The van der Waals surface area contributed by atoms with Gasteiger partial charge in [0, 0.05) is 5.92 Å². The van der Waals surface area contributed by atoms with Gasteiger partial charge in [0.05, 0.1) is 0 Å². The molecule has 1 nitrogen and oxygen atoms in total. The summed E-state index contributed by atoms with van der Waals surface area (Å²) in [6, 6.07) is 0. The molecule has 138 valence electrons. The van der Waals surface area contributed by atoms with Gasteiger partial charge in [-0.1, -0.05) is 117 Å². The van der Waals surface area contributed by atoms with Crippen LogP contribution in [0.15, 0.2) is 0 Å². The molecule has 0 amide bonds. The minimum Gasteiger partial charge on any atom is -0.303 e. The summed E-state index contributed by atoms with van der Waals surface area (Å²) in [4.78, 5) is 11.0. The van der Waals surface area contributed by atoms with Crippen LogP contribution in [0.25, 0.3) is 0 Å². The molecule has 0 spiro atoms. The van der Waals surface area contributed by atoms with Gasteiger partial charge in [-0.25, -0.2) is 0 Å². The lowest BCUT2D eigenvalue weighted by Gasteiger charge is -2.09. The van der Waals surface area contributed by atoms with Gasteiger partial charge in [-0.2, -0.15) is 0 Å². The Morgan fingerprint density at radius 2 is 0.870 bits per heavy atom. The molecule has 0 saturated carbocycles. The molecule has 0 saturated heterocycles. The number of carbonyl (C=O) groups excluding carboxylic acids is 1. The fourth-order valence-electron chi connectivity index (χ4n) is 3.35. The van der Waals surface area contributed by atoms with Crippen molar-refractivity contribution in [3.8, 4) is 0 Å². The van der Waals surface area contributed by atoms with Crippen molar-refractivity contribution in [2.75, 3.05) is 0 Å². The highest BCUT2D eigenvalue weighted by atomic mass is 16.1. The van der Waals surface area contributed by atoms with Crippen molar-refractivity contribution in [1.29, 1.82) is 0 Å². The van der Waals surface area contributed by atoms with E-state index in [-0.39, 0.29) is 0 Å². The zero-order chi connectivity index (χ0) is 17.0. The highest BCUT2D eigenvalue weighted by molar-refractivity contribution is 5.53. The van der Waals surface area contributed by atoms with Crippen LogP contribution in [-0.4, -0.2) is 6.29 Å². The largest absolute Gasteiger partial charge is 0.303 e. The molecule has 0 radical (unpaired) electrons. The van der Waals surface area contributed by atoms with Gasteiger partial charge in [-0.3, -0.25) is 0 Å². The minimum absolute atomic E-state index is 0.340. The molecule has 0 rings (SSSR count). The van der Waals surface area contributed by atoms with Crippen molar-refractivity contribution >= 4 is 6.29 Å². The van der Waals surface area contributed by atoms with E-state index in [1.165, 1.54) is 109 Å². The van der Waals surface area contributed by atoms with Crippen LogP contribution in [0.4, 0.5) is 0 Å². The maximum Gasteiger partial charge on any atom is 0.123 e. The Hall–Kier alpha value is -0.330. The standard InChI is InChI=1S/C22H44O/c1-3-5-7-8-9-10-11-12-13-14-15-16-17-18-20-22(21-23)19-6-4-2/h21-22H,3-20H2,1-2H3. The summed E-state index contributed by atoms with van der Waals surface area (Å²) in [5.74, 6) is 0.340. The third-order valence-corrected chi connectivity index (χ3v) is 5.05. The number of hydrogen-bond donors (Lipinski definition) is 0. The van der Waals surface area contributed by atoms with E-state index in [4.69, 9.17) is 0 Å². The Labute approximate surface area is 147 Å². The fourth-order valence-corrected chi connectivity index (χ4v) is 3.35. The zero-order valence-electron chi connectivity index (χ0n) is 16.3. The summed E-state index contributed by atoms with van der Waals surface area (Å²) in [5.41, 5.74) is 0. The lowest BCUT2D eigenvalue weighted by molar-refractivity contribution is -0.111. The predicted octanol–water partition coefficient (Wildman–Crippen LogP) is 7.86. The molecule has 0 aromatic rings. The number of unbranched alkanes of at least 4 members (excludes halogenated alkanes) is 14. The average Bonchev–Trinajstić information content (AvgIpc) is 2.57. The van der Waals surface area contributed by atoms with Crippen molar-refractivity contribution < 1.29 is 4.79 Å². The Kier molecular flexibility index (Phi) is 19.4. The van der Waals surface area contributed by atoms with E-state index >= 15 is 0 Å². The predicted molar refractivity (Wildman–Crippen MR) is 104 cm³/mol. The SMILES string of the molecule is CCCCCCCCCCCCCCCCC(C=O)CCCC. The molecule has 0 N–H and O–H groups in total. The van der Waals surface area contributed by atoms with Crippen molar-refractivity contribution in [2.24, 2.45) is 5.92 Å². The first kappa shape index (κ1) is 22.7. The first-order valence-corrected chi connectivity index (χ1v) is 10.8. The second-order valence-electron chi connectivity index (χ2n) is 7.42. The molecule has 23 heavy (non-hydrogen) atoms. The summed E-state index contributed by atoms with van der Waals surface area (Å²) in [5, 5.41) is 0. The Bertz CT molecular complexity index is 224. The van der Waals surface area contributed by atoms with Crippen LogP contribution >= 0.6 is 0 Å². The number of rotatable bonds is 19. The van der Waals surface area contributed by atoms with Gasteiger partial charge in [-0.15, -0.1) is 0 Å². The number of aldehydes is 1. The number of carbonyl (C=O) groups is 1. The molecular weight excluding hydrogens is 280 g/mol. The average molecular weight is 325 g/mol. The minimum atomic E-state index is 0.340. The fraction of sp³-hybridized carbons (Fsp3) is 0.955. The first-order valence-electron chi connectivity index (χ1n) is 10.8. The summed E-state index contributed by atoms with van der Waals surface area (Å²) in [7, 11) is 0. The molecule has 0 aliphatic carbocycles. The second kappa shape index (κ2) is 19.7. The third kappa shape index (κ3) is 17.9. The van der Waals surface area contributed by atoms with Crippen molar-refractivity contribution in [3.05, 3.63) is 0 Å². The molecule has 0 heterocycles. The van der Waals surface area contributed by atoms with Gasteiger partial charge in [0.25, 0.3) is 0 Å². The lowest BCUT2D eigenvalue weighted by Crippen LogP contribution is -2.01. The first-order chi connectivity index (χ1) is 11.3. The Balaban J connectivity index is 3.14. The van der Waals surface area contributed by atoms with Crippen LogP contribution in [0.2, 0.25) is 0 Å². The van der Waals surface area contributed by atoms with E-state index < -0.39 is 0 Å². The van der Waals surface area contributed by atoms with Gasteiger partial charge >= 0.3 is 0 Å². The summed E-state index contributed by atoms with van der Waals surface area (Å²) < 4.78 is 0. The van der Waals surface area contributed by atoms with Crippen LogP contribution in [0, 0.1) is 5.92 Å². The van der Waals surface area contributed by atoms with E-state index in [0.29, 0.717) is 5.92 Å². The summed E-state index contributed by atoms with van der Waals surface area (Å²) in [6.45, 7) is 4.49. The maximum atomic E-state index is 11.0. The molecule has 0 bridgehead atoms. The van der Waals surface area contributed by atoms with Gasteiger partial charge in [0.2, 0.25) is 0 Å². The molecule has 1 heteroatoms. The number of hydrogen-bond acceptors (Lipinski definition) is 1. The molecule has 0 aliphatic rings. The topological polar surface area (TPSA) is 17.1 Å². The summed E-state index contributed by atoms with van der Waals surface area (Å²) in [6.07, 6.45) is 25.5. The van der Waals surface area contributed by atoms with Crippen molar-refractivity contribution in [1.82, 2.24) is 0 Å². The van der Waals surface area contributed by atoms with Crippen LogP contribution < -0.4 is 0 Å². The molecule has 0 aromatic carbocycles. The van der Waals surface area contributed by atoms with Gasteiger partial charge in [-0.05, 0) is 12.8 Å². The monoisotopic (exact) mass is 324 g/mol. The van der Waals surface area contributed by atoms with E-state index in [2.05, 4.69) is 13.8 Å². The Morgan fingerprint density at radius 3 is 1.26 bits per heavy atom. The molecule has 0 aromatic heterocycles. The van der Waals surface area contributed by atoms with Gasteiger partial charge in [0.1, 0.15) is 6.29 Å². The van der Waals surface area contributed by atoms with Crippen LogP contribution in [-0.2, 0) is 4.79 Å². The van der Waals surface area contributed by atoms with Gasteiger partial charge in [0.15, 0.2) is 0 Å². The second-order valence-corrected chi connectivity index (χ2v) is 7.42. The quantitative estimate of drug-likeness (QED) is 0.174. The molecule has 1 unspecified atom stereocenters. The van der Waals surface area contributed by atoms with Crippen LogP contribution in [0.3, 0.4) is 0 Å². The molecule has 0 aliphatic heterocycles. The normalized spacial score (nSPS) is 12.4. The summed E-state index contributed by atoms with van der Waals surface area (Å²) >= 11 is 0. The smallest absolute Gasteiger partial charge is 0.123 e. The molecule has 0 fully saturated rings. The zero-order valence-corrected chi connectivity index (χ0v) is 16.3. The van der Waals surface area contributed by atoms with Gasteiger partial charge < -0.3 is 4.79 Å². The third-order valence-electron chi connectivity index (χ3n) is 5.05. The Morgan fingerprint density at radius 1 is 0.522 bits per heavy atom. The van der Waals surface area contributed by atoms with Crippen LogP contribution in [0.5, 0.6) is 0 Å². The van der Waals surface area contributed by atoms with Crippen molar-refractivity contribution in [3.63, 3.8) is 0 Å². The highest BCUT2D eigenvalue weighted by Crippen LogP contribution is 2.17. The highest BCUT2D eigenvalue weighted by Gasteiger charge is 2.05. The van der Waals surface area contributed by atoms with Crippen LogP contribution in [0.1, 0.15) is 129 Å². The van der Waals surface area contributed by atoms with E-state index in [0.717, 1.165) is 12.8 Å². The van der Waals surface area contributed by atoms with E-state index in [1.54, 1.807) is 0 Å². The van der Waals surface area contributed by atoms with Crippen molar-refractivity contribution in [2.45, 2.75) is 129 Å². The van der Waals surface area contributed by atoms with E-state index in [1.807, 2.05) is 0 Å². The maximum absolute atomic E-state index is 11.0. The van der Waals surface area contributed by atoms with E-state index in [9.17, 15) is 4.79 Å². The molecular formula is C22H44O. The lowest BCUT2D eigenvalue weighted by atomic mass is 9.96. The molecule has 1 atom stereocenters.